The average Bonchev–Trinajstić information content (AvgIpc) is 3.11. The molecule has 1 N–H and O–H groups in total. The SMILES string of the molecule is COc1ccc(Cl)cc1N1CCn2c1nc1c2c(=O)[nH]c(=O)n1C. The van der Waals surface area contributed by atoms with Gasteiger partial charge in [-0.3, -0.25) is 14.3 Å². The molecule has 0 saturated heterocycles. The zero-order valence-electron chi connectivity index (χ0n) is 13.0. The van der Waals surface area contributed by atoms with Crippen LogP contribution in [0.4, 0.5) is 11.6 Å². The second-order valence-electron chi connectivity index (χ2n) is 5.52. The minimum absolute atomic E-state index is 0.351. The summed E-state index contributed by atoms with van der Waals surface area (Å²) in [5.74, 6) is 1.24. The van der Waals surface area contributed by atoms with E-state index in [-0.39, 0.29) is 0 Å². The molecule has 0 amide bonds. The van der Waals surface area contributed by atoms with Crippen molar-refractivity contribution < 1.29 is 4.74 Å². The van der Waals surface area contributed by atoms with Crippen molar-refractivity contribution in [3.8, 4) is 5.75 Å². The van der Waals surface area contributed by atoms with E-state index in [0.29, 0.717) is 41.0 Å². The molecule has 0 saturated carbocycles. The van der Waals surface area contributed by atoms with E-state index in [2.05, 4.69) is 9.97 Å². The quantitative estimate of drug-likeness (QED) is 0.753. The number of methoxy groups -OCH3 is 1. The van der Waals surface area contributed by atoms with Crippen molar-refractivity contribution in [2.75, 3.05) is 18.6 Å². The smallest absolute Gasteiger partial charge is 0.329 e. The van der Waals surface area contributed by atoms with E-state index < -0.39 is 11.2 Å². The first kappa shape index (κ1) is 14.8. The predicted octanol–water partition coefficient (Wildman–Crippen LogP) is 1.24. The lowest BCUT2D eigenvalue weighted by atomic mass is 10.2. The van der Waals surface area contributed by atoms with Gasteiger partial charge >= 0.3 is 5.69 Å². The van der Waals surface area contributed by atoms with Gasteiger partial charge in [0.05, 0.1) is 12.8 Å². The van der Waals surface area contributed by atoms with Gasteiger partial charge in [0.15, 0.2) is 11.2 Å². The van der Waals surface area contributed by atoms with Gasteiger partial charge in [-0.05, 0) is 18.2 Å². The van der Waals surface area contributed by atoms with Gasteiger partial charge in [0.2, 0.25) is 5.95 Å². The molecule has 0 atom stereocenters. The van der Waals surface area contributed by atoms with E-state index in [1.807, 2.05) is 4.90 Å². The van der Waals surface area contributed by atoms with Gasteiger partial charge < -0.3 is 14.2 Å². The number of ether oxygens (including phenoxy) is 1. The number of hydrogen-bond acceptors (Lipinski definition) is 5. The monoisotopic (exact) mass is 347 g/mol. The van der Waals surface area contributed by atoms with Crippen LogP contribution in [0.2, 0.25) is 5.02 Å². The third-order valence-corrected chi connectivity index (χ3v) is 4.44. The summed E-state index contributed by atoms with van der Waals surface area (Å²) in [6.07, 6.45) is 0. The zero-order chi connectivity index (χ0) is 17.0. The molecule has 24 heavy (non-hydrogen) atoms. The fraction of sp³-hybridized carbons (Fsp3) is 0.267. The Hall–Kier alpha value is -2.74. The van der Waals surface area contributed by atoms with Crippen LogP contribution in [-0.2, 0) is 13.6 Å². The van der Waals surface area contributed by atoms with E-state index in [1.165, 1.54) is 4.57 Å². The first-order valence-electron chi connectivity index (χ1n) is 7.32. The molecule has 3 heterocycles. The Morgan fingerprint density at radius 2 is 2.08 bits per heavy atom. The molecule has 0 spiro atoms. The van der Waals surface area contributed by atoms with Crippen molar-refractivity contribution in [3.63, 3.8) is 0 Å². The van der Waals surface area contributed by atoms with Crippen molar-refractivity contribution in [2.24, 2.45) is 7.05 Å². The van der Waals surface area contributed by atoms with Gasteiger partial charge in [-0.1, -0.05) is 11.6 Å². The van der Waals surface area contributed by atoms with Crippen molar-refractivity contribution in [2.45, 2.75) is 6.54 Å². The molecule has 0 fully saturated rings. The molecule has 0 aliphatic carbocycles. The molecule has 124 valence electrons. The maximum atomic E-state index is 12.2. The van der Waals surface area contributed by atoms with Crippen LogP contribution in [0, 0.1) is 0 Å². The van der Waals surface area contributed by atoms with Crippen LogP contribution in [0.15, 0.2) is 27.8 Å². The number of aryl methyl sites for hydroxylation is 1. The first-order valence-corrected chi connectivity index (χ1v) is 7.69. The van der Waals surface area contributed by atoms with Crippen LogP contribution in [0.25, 0.3) is 11.2 Å². The van der Waals surface area contributed by atoms with Gasteiger partial charge in [-0.15, -0.1) is 0 Å². The van der Waals surface area contributed by atoms with Gasteiger partial charge in [0.1, 0.15) is 5.75 Å². The van der Waals surface area contributed by atoms with Crippen molar-refractivity contribution >= 4 is 34.4 Å². The van der Waals surface area contributed by atoms with Gasteiger partial charge in [-0.25, -0.2) is 4.79 Å². The summed E-state index contributed by atoms with van der Waals surface area (Å²) in [6.45, 7) is 1.19. The summed E-state index contributed by atoms with van der Waals surface area (Å²) in [5.41, 5.74) is 0.573. The summed E-state index contributed by atoms with van der Waals surface area (Å²) < 4.78 is 8.54. The van der Waals surface area contributed by atoms with E-state index in [0.717, 1.165) is 5.69 Å². The average molecular weight is 348 g/mol. The number of nitrogens with zero attached hydrogens (tertiary/aromatic N) is 4. The van der Waals surface area contributed by atoms with Crippen LogP contribution >= 0.6 is 11.6 Å². The molecule has 1 aliphatic heterocycles. The lowest BCUT2D eigenvalue weighted by Gasteiger charge is -2.19. The number of imidazole rings is 1. The maximum Gasteiger partial charge on any atom is 0.329 e. The molecule has 1 aliphatic rings. The largest absolute Gasteiger partial charge is 0.495 e. The summed E-state index contributed by atoms with van der Waals surface area (Å²) >= 11 is 6.12. The predicted molar refractivity (Wildman–Crippen MR) is 90.6 cm³/mol. The normalized spacial score (nSPS) is 13.5. The lowest BCUT2D eigenvalue weighted by molar-refractivity contribution is 0.415. The Morgan fingerprint density at radius 1 is 1.29 bits per heavy atom. The summed E-state index contributed by atoms with van der Waals surface area (Å²) in [6, 6.07) is 5.32. The van der Waals surface area contributed by atoms with Crippen LogP contribution in [0.3, 0.4) is 0 Å². The molecule has 1 aromatic carbocycles. The van der Waals surface area contributed by atoms with E-state index in [1.54, 1.807) is 36.9 Å². The highest BCUT2D eigenvalue weighted by molar-refractivity contribution is 6.31. The molecule has 9 heteroatoms. The number of halogens is 1. The highest BCUT2D eigenvalue weighted by Crippen LogP contribution is 2.38. The molecule has 2 aromatic heterocycles. The number of aromatic nitrogens is 4. The molecule has 3 aromatic rings. The van der Waals surface area contributed by atoms with Crippen LogP contribution in [0.1, 0.15) is 0 Å². The number of benzene rings is 1. The highest BCUT2D eigenvalue weighted by Gasteiger charge is 2.29. The molecule has 8 nitrogen and oxygen atoms in total. The molecular weight excluding hydrogens is 334 g/mol. The minimum Gasteiger partial charge on any atom is -0.495 e. The van der Waals surface area contributed by atoms with Crippen LogP contribution in [-0.4, -0.2) is 32.8 Å². The topological polar surface area (TPSA) is 85.2 Å². The second kappa shape index (κ2) is 5.13. The van der Waals surface area contributed by atoms with Crippen molar-refractivity contribution in [1.29, 1.82) is 0 Å². The fourth-order valence-electron chi connectivity index (χ4n) is 3.04. The maximum absolute atomic E-state index is 12.2. The Morgan fingerprint density at radius 3 is 2.83 bits per heavy atom. The molecule has 0 unspecified atom stereocenters. The van der Waals surface area contributed by atoms with E-state index >= 15 is 0 Å². The molecule has 0 bridgehead atoms. The van der Waals surface area contributed by atoms with E-state index in [4.69, 9.17) is 16.3 Å². The Balaban J connectivity index is 1.98. The second-order valence-corrected chi connectivity index (χ2v) is 5.96. The molecule has 4 rings (SSSR count). The van der Waals surface area contributed by atoms with Gasteiger partial charge in [-0.2, -0.15) is 4.98 Å². The molecule has 0 radical (unpaired) electrons. The summed E-state index contributed by atoms with van der Waals surface area (Å²) in [4.78, 5) is 32.7. The summed E-state index contributed by atoms with van der Waals surface area (Å²) in [5, 5.41) is 0.575. The summed E-state index contributed by atoms with van der Waals surface area (Å²) in [7, 11) is 3.16. The third kappa shape index (κ3) is 1.96. The first-order chi connectivity index (χ1) is 11.5. The molecular formula is C15H14ClN5O3. The zero-order valence-corrected chi connectivity index (χ0v) is 13.8. The third-order valence-electron chi connectivity index (χ3n) is 4.21. The van der Waals surface area contributed by atoms with Crippen molar-refractivity contribution in [1.82, 2.24) is 19.1 Å². The number of fused-ring (bicyclic) bond motifs is 3. The van der Waals surface area contributed by atoms with E-state index in [9.17, 15) is 9.59 Å². The standard InChI is InChI=1S/C15H14ClN5O3/c1-19-12-11(13(22)18-15(19)23)21-6-5-20(14(21)17-12)9-7-8(16)3-4-10(9)24-2/h3-4,7H,5-6H2,1-2H3,(H,18,22,23). The highest BCUT2D eigenvalue weighted by atomic mass is 35.5. The Labute approximate surface area is 140 Å². The Bertz CT molecular complexity index is 1080. The number of H-pyrrole nitrogens is 1. The van der Waals surface area contributed by atoms with Crippen LogP contribution in [0.5, 0.6) is 5.75 Å². The number of nitrogens with one attached hydrogen (secondary N) is 1. The lowest BCUT2D eigenvalue weighted by Crippen LogP contribution is -2.29. The number of anilines is 2. The number of rotatable bonds is 2. The number of aromatic amines is 1. The van der Waals surface area contributed by atoms with Crippen LogP contribution < -0.4 is 20.9 Å². The van der Waals surface area contributed by atoms with Gasteiger partial charge in [0.25, 0.3) is 5.56 Å². The number of hydrogen-bond donors (Lipinski definition) is 1. The minimum atomic E-state index is -0.490. The fourth-order valence-corrected chi connectivity index (χ4v) is 3.21. The van der Waals surface area contributed by atoms with Crippen molar-refractivity contribution in [3.05, 3.63) is 44.1 Å². The van der Waals surface area contributed by atoms with Gasteiger partial charge in [0, 0.05) is 25.2 Å². The Kier molecular flexibility index (Phi) is 3.17.